The van der Waals surface area contributed by atoms with Crippen LogP contribution < -0.4 is 0 Å². The van der Waals surface area contributed by atoms with Gasteiger partial charge in [0.25, 0.3) is 0 Å². The first-order valence-corrected chi connectivity index (χ1v) is 4.43. The first kappa shape index (κ1) is 9.43. The van der Waals surface area contributed by atoms with Gasteiger partial charge in [0.15, 0.2) is 0 Å². The molecule has 0 N–H and O–H groups in total. The first-order valence-electron chi connectivity index (χ1n) is 4.43. The van der Waals surface area contributed by atoms with Gasteiger partial charge in [0, 0.05) is 11.3 Å². The van der Waals surface area contributed by atoms with Crippen molar-refractivity contribution in [3.63, 3.8) is 0 Å². The normalized spacial score (nSPS) is 18.2. The number of ether oxygens (including phenoxy) is 2. The Morgan fingerprint density at radius 1 is 1.17 bits per heavy atom. The topological polar surface area (TPSA) is 18.5 Å². The van der Waals surface area contributed by atoms with Crippen LogP contribution in [0.15, 0.2) is 11.5 Å². The predicted octanol–water partition coefficient (Wildman–Crippen LogP) is 2.90. The Morgan fingerprint density at radius 2 is 1.75 bits per heavy atom. The van der Waals surface area contributed by atoms with Crippen LogP contribution in [0, 0.1) is 11.3 Å². The molecule has 2 heteroatoms. The van der Waals surface area contributed by atoms with E-state index in [1.165, 1.54) is 0 Å². The van der Waals surface area contributed by atoms with E-state index >= 15 is 0 Å². The Hall–Kier alpha value is -0.660. The zero-order valence-corrected chi connectivity index (χ0v) is 8.60. The van der Waals surface area contributed by atoms with Crippen LogP contribution in [0.25, 0.3) is 0 Å². The van der Waals surface area contributed by atoms with E-state index < -0.39 is 0 Å². The van der Waals surface area contributed by atoms with E-state index in [0.717, 1.165) is 11.5 Å². The molecule has 0 aromatic carbocycles. The second kappa shape index (κ2) is 3.00. The minimum absolute atomic E-state index is 0.0656. The van der Waals surface area contributed by atoms with Crippen LogP contribution >= 0.6 is 0 Å². The van der Waals surface area contributed by atoms with E-state index in [1.54, 1.807) is 0 Å². The minimum atomic E-state index is 0.0656. The minimum Gasteiger partial charge on any atom is -0.458 e. The molecule has 0 fully saturated rings. The van der Waals surface area contributed by atoms with Gasteiger partial charge in [0.05, 0.1) is 0 Å². The summed E-state index contributed by atoms with van der Waals surface area (Å²) in [6.45, 7) is 11.0. The van der Waals surface area contributed by atoms with Gasteiger partial charge in [-0.1, -0.05) is 34.6 Å². The van der Waals surface area contributed by atoms with Crippen LogP contribution in [-0.2, 0) is 9.47 Å². The average Bonchev–Trinajstić information content (AvgIpc) is 2.30. The maximum atomic E-state index is 5.45. The van der Waals surface area contributed by atoms with Crippen molar-refractivity contribution in [2.75, 3.05) is 6.79 Å². The number of rotatable bonds is 1. The smallest absolute Gasteiger partial charge is 0.230 e. The maximum absolute atomic E-state index is 5.45. The van der Waals surface area contributed by atoms with E-state index in [9.17, 15) is 0 Å². The summed E-state index contributed by atoms with van der Waals surface area (Å²) < 4.78 is 10.9. The SMILES string of the molecule is CC(C)C1=C(C(C)(C)C)OCO1. The summed E-state index contributed by atoms with van der Waals surface area (Å²) in [7, 11) is 0. The fraction of sp³-hybridized carbons (Fsp3) is 0.800. The highest BCUT2D eigenvalue weighted by molar-refractivity contribution is 5.13. The van der Waals surface area contributed by atoms with Crippen molar-refractivity contribution in [2.24, 2.45) is 11.3 Å². The third kappa shape index (κ3) is 1.74. The molecule has 1 aliphatic rings. The van der Waals surface area contributed by atoms with Crippen molar-refractivity contribution in [2.45, 2.75) is 34.6 Å². The standard InChI is InChI=1S/C10H18O2/c1-7(2)8-9(10(3,4)5)12-6-11-8/h7H,6H2,1-5H3. The molecule has 0 saturated carbocycles. The molecule has 0 amide bonds. The fourth-order valence-electron chi connectivity index (χ4n) is 1.30. The Morgan fingerprint density at radius 3 is 2.08 bits per heavy atom. The molecule has 12 heavy (non-hydrogen) atoms. The molecule has 1 heterocycles. The summed E-state index contributed by atoms with van der Waals surface area (Å²) in [5.41, 5.74) is 0.0656. The van der Waals surface area contributed by atoms with Crippen molar-refractivity contribution in [1.82, 2.24) is 0 Å². The highest BCUT2D eigenvalue weighted by atomic mass is 16.7. The van der Waals surface area contributed by atoms with Gasteiger partial charge in [-0.3, -0.25) is 0 Å². The van der Waals surface area contributed by atoms with Crippen molar-refractivity contribution in [3.8, 4) is 0 Å². The van der Waals surface area contributed by atoms with Gasteiger partial charge in [0.1, 0.15) is 11.5 Å². The van der Waals surface area contributed by atoms with Gasteiger partial charge in [-0.2, -0.15) is 0 Å². The molecule has 0 spiro atoms. The van der Waals surface area contributed by atoms with Crippen LogP contribution in [0.2, 0.25) is 0 Å². The molecule has 0 aromatic rings. The molecule has 0 aromatic heterocycles. The molecule has 2 nitrogen and oxygen atoms in total. The fourth-order valence-corrected chi connectivity index (χ4v) is 1.30. The molecule has 0 aliphatic carbocycles. The van der Waals surface area contributed by atoms with Crippen molar-refractivity contribution in [1.29, 1.82) is 0 Å². The second-order valence-corrected chi connectivity index (χ2v) is 4.50. The van der Waals surface area contributed by atoms with Crippen LogP contribution in [0.1, 0.15) is 34.6 Å². The summed E-state index contributed by atoms with van der Waals surface area (Å²) in [5, 5.41) is 0. The summed E-state index contributed by atoms with van der Waals surface area (Å²) in [5.74, 6) is 2.45. The van der Waals surface area contributed by atoms with E-state index in [1.807, 2.05) is 0 Å². The number of allylic oxidation sites excluding steroid dienone is 2. The van der Waals surface area contributed by atoms with Gasteiger partial charge in [-0.05, 0) is 0 Å². The Balaban J connectivity index is 2.92. The van der Waals surface area contributed by atoms with E-state index in [0.29, 0.717) is 12.7 Å². The molecular formula is C10H18O2. The van der Waals surface area contributed by atoms with Crippen molar-refractivity contribution < 1.29 is 9.47 Å². The lowest BCUT2D eigenvalue weighted by molar-refractivity contribution is 0.0518. The second-order valence-electron chi connectivity index (χ2n) is 4.50. The molecule has 70 valence electrons. The van der Waals surface area contributed by atoms with Gasteiger partial charge >= 0.3 is 0 Å². The molecule has 1 rings (SSSR count). The van der Waals surface area contributed by atoms with Gasteiger partial charge < -0.3 is 9.47 Å². The lowest BCUT2D eigenvalue weighted by Crippen LogP contribution is -2.12. The number of hydrogen-bond acceptors (Lipinski definition) is 2. The zero-order valence-electron chi connectivity index (χ0n) is 8.60. The highest BCUT2D eigenvalue weighted by Gasteiger charge is 2.30. The Kier molecular flexibility index (Phi) is 2.36. The number of hydrogen-bond donors (Lipinski definition) is 0. The lowest BCUT2D eigenvalue weighted by Gasteiger charge is -2.19. The molecule has 0 bridgehead atoms. The third-order valence-electron chi connectivity index (χ3n) is 1.85. The zero-order chi connectivity index (χ0) is 9.35. The van der Waals surface area contributed by atoms with Crippen molar-refractivity contribution in [3.05, 3.63) is 11.5 Å². The summed E-state index contributed by atoms with van der Waals surface area (Å²) in [6, 6.07) is 0. The summed E-state index contributed by atoms with van der Waals surface area (Å²) in [4.78, 5) is 0. The first-order chi connectivity index (χ1) is 5.43. The molecule has 0 unspecified atom stereocenters. The van der Waals surface area contributed by atoms with E-state index in [-0.39, 0.29) is 5.41 Å². The molecular weight excluding hydrogens is 152 g/mol. The predicted molar refractivity (Wildman–Crippen MR) is 48.4 cm³/mol. The highest BCUT2D eigenvalue weighted by Crippen LogP contribution is 2.35. The Bertz CT molecular complexity index is 196. The monoisotopic (exact) mass is 170 g/mol. The summed E-state index contributed by atoms with van der Waals surface area (Å²) in [6.07, 6.45) is 0. The van der Waals surface area contributed by atoms with Crippen LogP contribution in [0.3, 0.4) is 0 Å². The third-order valence-corrected chi connectivity index (χ3v) is 1.85. The molecule has 0 atom stereocenters. The van der Waals surface area contributed by atoms with Gasteiger partial charge in [-0.15, -0.1) is 0 Å². The van der Waals surface area contributed by atoms with E-state index in [2.05, 4.69) is 34.6 Å². The lowest BCUT2D eigenvalue weighted by atomic mass is 9.91. The van der Waals surface area contributed by atoms with Crippen LogP contribution in [-0.4, -0.2) is 6.79 Å². The maximum Gasteiger partial charge on any atom is 0.230 e. The Labute approximate surface area is 74.6 Å². The molecule has 0 saturated heterocycles. The van der Waals surface area contributed by atoms with Gasteiger partial charge in [0.2, 0.25) is 6.79 Å². The quantitative estimate of drug-likeness (QED) is 0.602. The molecule has 0 radical (unpaired) electrons. The van der Waals surface area contributed by atoms with E-state index in [4.69, 9.17) is 9.47 Å². The van der Waals surface area contributed by atoms with Crippen LogP contribution in [0.4, 0.5) is 0 Å². The largest absolute Gasteiger partial charge is 0.458 e. The summed E-state index contributed by atoms with van der Waals surface area (Å²) >= 11 is 0. The van der Waals surface area contributed by atoms with Crippen molar-refractivity contribution >= 4 is 0 Å². The molecule has 1 aliphatic heterocycles. The van der Waals surface area contributed by atoms with Crippen LogP contribution in [0.5, 0.6) is 0 Å². The average molecular weight is 170 g/mol. The van der Waals surface area contributed by atoms with Gasteiger partial charge in [-0.25, -0.2) is 0 Å².